The molecule has 0 bridgehead atoms. The van der Waals surface area contributed by atoms with Crippen molar-refractivity contribution in [2.45, 2.75) is 26.7 Å². The molecule has 0 aliphatic rings. The van der Waals surface area contributed by atoms with Crippen LogP contribution in [0.15, 0.2) is 28.7 Å². The van der Waals surface area contributed by atoms with E-state index in [0.29, 0.717) is 0 Å². The fourth-order valence-corrected chi connectivity index (χ4v) is 2.02. The van der Waals surface area contributed by atoms with Crippen molar-refractivity contribution in [2.75, 3.05) is 6.61 Å². The summed E-state index contributed by atoms with van der Waals surface area (Å²) in [5, 5.41) is 9.39. The summed E-state index contributed by atoms with van der Waals surface area (Å²) in [7, 11) is 0. The van der Waals surface area contributed by atoms with Crippen LogP contribution in [-0.2, 0) is 0 Å². The first-order chi connectivity index (χ1) is 6.45. The largest absolute Gasteiger partial charge is 0.396 e. The van der Waals surface area contributed by atoms with E-state index in [-0.39, 0.29) is 17.9 Å². The lowest BCUT2D eigenvalue weighted by Gasteiger charge is -2.29. The van der Waals surface area contributed by atoms with Gasteiger partial charge in [-0.3, -0.25) is 0 Å². The molecule has 1 nitrogen and oxygen atoms in total. The van der Waals surface area contributed by atoms with Crippen molar-refractivity contribution in [2.24, 2.45) is 5.41 Å². The third kappa shape index (κ3) is 2.82. The van der Waals surface area contributed by atoms with Gasteiger partial charge in [-0.25, -0.2) is 0 Å². The molecular weight excluding hydrogens is 240 g/mol. The van der Waals surface area contributed by atoms with Crippen molar-refractivity contribution < 1.29 is 5.11 Å². The summed E-state index contributed by atoms with van der Waals surface area (Å²) in [4.78, 5) is 0. The van der Waals surface area contributed by atoms with Gasteiger partial charge in [0.2, 0.25) is 0 Å². The minimum Gasteiger partial charge on any atom is -0.396 e. The van der Waals surface area contributed by atoms with Crippen LogP contribution in [-0.4, -0.2) is 11.7 Å². The molecule has 1 N–H and O–H groups in total. The summed E-state index contributed by atoms with van der Waals surface area (Å²) >= 11 is 3.44. The average Bonchev–Trinajstić information content (AvgIpc) is 2.02. The molecule has 1 atom stereocenters. The van der Waals surface area contributed by atoms with Crippen LogP contribution in [0.2, 0.25) is 0 Å². The normalized spacial score (nSPS) is 14.1. The van der Waals surface area contributed by atoms with Gasteiger partial charge in [0.1, 0.15) is 0 Å². The third-order valence-electron chi connectivity index (χ3n) is 2.48. The van der Waals surface area contributed by atoms with Crippen LogP contribution in [0.5, 0.6) is 0 Å². The van der Waals surface area contributed by atoms with Crippen LogP contribution in [0.1, 0.15) is 32.3 Å². The summed E-state index contributed by atoms with van der Waals surface area (Å²) in [6.45, 7) is 6.64. The van der Waals surface area contributed by atoms with E-state index < -0.39 is 0 Å². The van der Waals surface area contributed by atoms with Crippen molar-refractivity contribution in [1.29, 1.82) is 0 Å². The lowest BCUT2D eigenvalue weighted by Crippen LogP contribution is -2.21. The Labute approximate surface area is 94.3 Å². The molecule has 1 aromatic carbocycles. The smallest absolute Gasteiger partial charge is 0.0504 e. The maximum atomic E-state index is 9.39. The van der Waals surface area contributed by atoms with E-state index in [0.717, 1.165) is 4.47 Å². The molecule has 0 aliphatic heterocycles. The fraction of sp³-hybridized carbons (Fsp3) is 0.500. The average molecular weight is 257 g/mol. The van der Waals surface area contributed by atoms with Gasteiger partial charge in [0.15, 0.2) is 0 Å². The van der Waals surface area contributed by atoms with Gasteiger partial charge in [-0.05, 0) is 23.1 Å². The van der Waals surface area contributed by atoms with E-state index in [1.54, 1.807) is 0 Å². The first kappa shape index (κ1) is 11.7. The maximum absolute atomic E-state index is 9.39. The molecule has 0 aliphatic carbocycles. The van der Waals surface area contributed by atoms with E-state index in [9.17, 15) is 5.11 Å². The van der Waals surface area contributed by atoms with Crippen LogP contribution >= 0.6 is 15.9 Å². The van der Waals surface area contributed by atoms with E-state index in [4.69, 9.17) is 0 Å². The Hall–Kier alpha value is -0.340. The van der Waals surface area contributed by atoms with Gasteiger partial charge in [0.05, 0.1) is 6.61 Å². The third-order valence-corrected chi connectivity index (χ3v) is 2.97. The second-order valence-corrected chi connectivity index (χ2v) is 5.57. The van der Waals surface area contributed by atoms with E-state index >= 15 is 0 Å². The molecule has 14 heavy (non-hydrogen) atoms. The molecule has 1 rings (SSSR count). The lowest BCUT2D eigenvalue weighted by molar-refractivity contribution is 0.187. The molecule has 0 saturated heterocycles. The highest BCUT2D eigenvalue weighted by atomic mass is 79.9. The lowest BCUT2D eigenvalue weighted by atomic mass is 9.77. The predicted molar refractivity (Wildman–Crippen MR) is 63.4 cm³/mol. The molecule has 0 aromatic heterocycles. The SMILES string of the molecule is CC(C)(C)C(CO)c1cccc(Br)c1. The van der Waals surface area contributed by atoms with Crippen LogP contribution in [0.25, 0.3) is 0 Å². The van der Waals surface area contributed by atoms with Crippen molar-refractivity contribution in [3.05, 3.63) is 34.3 Å². The summed E-state index contributed by atoms with van der Waals surface area (Å²) in [6, 6.07) is 8.15. The van der Waals surface area contributed by atoms with Gasteiger partial charge >= 0.3 is 0 Å². The second-order valence-electron chi connectivity index (χ2n) is 4.66. The van der Waals surface area contributed by atoms with Crippen molar-refractivity contribution >= 4 is 15.9 Å². The molecule has 0 saturated carbocycles. The first-order valence-corrected chi connectivity index (χ1v) is 5.61. The highest BCUT2D eigenvalue weighted by Crippen LogP contribution is 2.35. The molecule has 0 heterocycles. The molecule has 0 spiro atoms. The first-order valence-electron chi connectivity index (χ1n) is 4.81. The molecule has 0 radical (unpaired) electrons. The molecule has 1 unspecified atom stereocenters. The van der Waals surface area contributed by atoms with Crippen LogP contribution in [0, 0.1) is 5.41 Å². The second kappa shape index (κ2) is 4.45. The van der Waals surface area contributed by atoms with E-state index in [1.807, 2.05) is 12.1 Å². The number of hydrogen-bond donors (Lipinski definition) is 1. The van der Waals surface area contributed by atoms with Crippen LogP contribution in [0.3, 0.4) is 0 Å². The Bertz CT molecular complexity index is 301. The Balaban J connectivity index is 3.01. The standard InChI is InChI=1S/C12H17BrO/c1-12(2,3)11(8-14)9-5-4-6-10(13)7-9/h4-7,11,14H,8H2,1-3H3. The Morgan fingerprint density at radius 3 is 2.43 bits per heavy atom. The maximum Gasteiger partial charge on any atom is 0.0504 e. The quantitative estimate of drug-likeness (QED) is 0.858. The van der Waals surface area contributed by atoms with Crippen LogP contribution in [0.4, 0.5) is 0 Å². The number of aliphatic hydroxyl groups is 1. The van der Waals surface area contributed by atoms with Gasteiger partial charge < -0.3 is 5.11 Å². The highest BCUT2D eigenvalue weighted by molar-refractivity contribution is 9.10. The van der Waals surface area contributed by atoms with Crippen molar-refractivity contribution in [3.63, 3.8) is 0 Å². The minimum atomic E-state index is 0.0928. The van der Waals surface area contributed by atoms with Gasteiger partial charge in [0.25, 0.3) is 0 Å². The number of benzene rings is 1. The molecule has 2 heteroatoms. The minimum absolute atomic E-state index is 0.0928. The summed E-state index contributed by atoms with van der Waals surface area (Å²) < 4.78 is 1.07. The summed E-state index contributed by atoms with van der Waals surface area (Å²) in [5.41, 5.74) is 1.28. The molecule has 1 aromatic rings. The van der Waals surface area contributed by atoms with Crippen molar-refractivity contribution in [3.8, 4) is 0 Å². The molecular formula is C12H17BrO. The topological polar surface area (TPSA) is 20.2 Å². The van der Waals surface area contributed by atoms with Gasteiger partial charge in [-0.2, -0.15) is 0 Å². The highest BCUT2D eigenvalue weighted by Gasteiger charge is 2.25. The van der Waals surface area contributed by atoms with Gasteiger partial charge in [0, 0.05) is 10.4 Å². The van der Waals surface area contributed by atoms with Crippen LogP contribution < -0.4 is 0 Å². The zero-order valence-corrected chi connectivity index (χ0v) is 10.5. The Kier molecular flexibility index (Phi) is 3.73. The van der Waals surface area contributed by atoms with E-state index in [2.05, 4.69) is 48.8 Å². The Morgan fingerprint density at radius 1 is 1.36 bits per heavy atom. The van der Waals surface area contributed by atoms with Gasteiger partial charge in [-0.1, -0.05) is 48.8 Å². The molecule has 0 amide bonds. The Morgan fingerprint density at radius 2 is 2.00 bits per heavy atom. The number of aliphatic hydroxyl groups excluding tert-OH is 1. The molecule has 0 fully saturated rings. The number of rotatable bonds is 2. The summed E-state index contributed by atoms with van der Waals surface area (Å²) in [6.07, 6.45) is 0. The monoisotopic (exact) mass is 256 g/mol. The summed E-state index contributed by atoms with van der Waals surface area (Å²) in [5.74, 6) is 0.194. The van der Waals surface area contributed by atoms with E-state index in [1.165, 1.54) is 5.56 Å². The zero-order chi connectivity index (χ0) is 10.8. The zero-order valence-electron chi connectivity index (χ0n) is 8.92. The van der Waals surface area contributed by atoms with Crippen molar-refractivity contribution in [1.82, 2.24) is 0 Å². The number of hydrogen-bond acceptors (Lipinski definition) is 1. The number of halogens is 1. The molecule has 78 valence electrons. The predicted octanol–water partition coefficient (Wildman–Crippen LogP) is 3.57. The fourth-order valence-electron chi connectivity index (χ4n) is 1.60. The van der Waals surface area contributed by atoms with Gasteiger partial charge in [-0.15, -0.1) is 0 Å².